The van der Waals surface area contributed by atoms with Crippen LogP contribution in [0, 0.1) is 5.41 Å². The summed E-state index contributed by atoms with van der Waals surface area (Å²) in [7, 11) is 0. The Hall–Kier alpha value is -2.11. The van der Waals surface area contributed by atoms with Gasteiger partial charge in [0.1, 0.15) is 5.60 Å². The van der Waals surface area contributed by atoms with Gasteiger partial charge in [-0.15, -0.1) is 0 Å². The molecule has 1 N–H and O–H groups in total. The quantitative estimate of drug-likeness (QED) is 0.857. The number of aromatic nitrogens is 1. The molecule has 2 aliphatic rings. The molecule has 1 aromatic heterocycles. The third-order valence-electron chi connectivity index (χ3n) is 4.98. The van der Waals surface area contributed by atoms with Crippen LogP contribution < -0.4 is 5.32 Å². The first-order valence-electron chi connectivity index (χ1n) is 8.48. The fourth-order valence-electron chi connectivity index (χ4n) is 3.73. The van der Waals surface area contributed by atoms with Crippen molar-refractivity contribution < 1.29 is 14.3 Å². The van der Waals surface area contributed by atoms with Crippen LogP contribution in [0.2, 0.25) is 0 Å². The Morgan fingerprint density at radius 1 is 1.38 bits per heavy atom. The van der Waals surface area contributed by atoms with Gasteiger partial charge >= 0.3 is 6.09 Å². The van der Waals surface area contributed by atoms with E-state index in [0.29, 0.717) is 32.5 Å². The number of hydrogen-bond donors (Lipinski definition) is 1. The van der Waals surface area contributed by atoms with Crippen LogP contribution in [-0.4, -0.2) is 47.1 Å². The lowest BCUT2D eigenvalue weighted by Crippen LogP contribution is -2.49. The summed E-state index contributed by atoms with van der Waals surface area (Å²) in [4.78, 5) is 30.7. The second-order valence-electron chi connectivity index (χ2n) is 7.67. The number of pyridine rings is 1. The highest BCUT2D eigenvalue weighted by Gasteiger charge is 2.52. The molecule has 1 spiro atoms. The predicted molar refractivity (Wildman–Crippen MR) is 89.5 cm³/mol. The van der Waals surface area contributed by atoms with Crippen molar-refractivity contribution in [2.45, 2.75) is 45.1 Å². The van der Waals surface area contributed by atoms with Crippen LogP contribution in [0.25, 0.3) is 0 Å². The summed E-state index contributed by atoms with van der Waals surface area (Å²) in [5, 5.41) is 3.01. The lowest BCUT2D eigenvalue weighted by atomic mass is 9.68. The molecule has 130 valence electrons. The van der Waals surface area contributed by atoms with Crippen molar-refractivity contribution in [3.8, 4) is 0 Å². The fourth-order valence-corrected chi connectivity index (χ4v) is 3.73. The van der Waals surface area contributed by atoms with Gasteiger partial charge in [0.2, 0.25) is 5.91 Å². The van der Waals surface area contributed by atoms with Crippen LogP contribution in [0.15, 0.2) is 24.5 Å². The van der Waals surface area contributed by atoms with Crippen molar-refractivity contribution in [1.29, 1.82) is 0 Å². The summed E-state index contributed by atoms with van der Waals surface area (Å²) < 4.78 is 5.44. The van der Waals surface area contributed by atoms with Crippen molar-refractivity contribution in [2.24, 2.45) is 5.41 Å². The fraction of sp³-hybridized carbons (Fsp3) is 0.611. The van der Waals surface area contributed by atoms with Gasteiger partial charge in [-0.05, 0) is 45.2 Å². The average Bonchev–Trinajstić information content (AvgIpc) is 2.84. The number of carbonyl (C=O) groups is 2. The largest absolute Gasteiger partial charge is 0.444 e. The lowest BCUT2D eigenvalue weighted by Gasteiger charge is -2.41. The Kier molecular flexibility index (Phi) is 4.24. The first kappa shape index (κ1) is 16.7. The second-order valence-corrected chi connectivity index (χ2v) is 7.67. The summed E-state index contributed by atoms with van der Waals surface area (Å²) in [6.07, 6.45) is 4.59. The molecule has 0 bridgehead atoms. The van der Waals surface area contributed by atoms with Gasteiger partial charge < -0.3 is 15.0 Å². The number of carbonyl (C=O) groups excluding carboxylic acids is 2. The summed E-state index contributed by atoms with van der Waals surface area (Å²) in [5.74, 6) is 0.208. The van der Waals surface area contributed by atoms with E-state index >= 15 is 0 Å². The van der Waals surface area contributed by atoms with Crippen LogP contribution >= 0.6 is 0 Å². The Labute approximate surface area is 142 Å². The van der Waals surface area contributed by atoms with Crippen LogP contribution in [-0.2, 0) is 9.53 Å². The maximum absolute atomic E-state index is 12.6. The summed E-state index contributed by atoms with van der Waals surface area (Å²) in [5.41, 5.74) is 0.137. The minimum Gasteiger partial charge on any atom is -0.444 e. The number of amides is 2. The Morgan fingerprint density at radius 3 is 2.67 bits per heavy atom. The molecule has 1 aromatic rings. The molecule has 2 amide bonds. The number of nitrogens with zero attached hydrogens (tertiary/aromatic N) is 2. The molecule has 24 heavy (non-hydrogen) atoms. The molecule has 3 rings (SSSR count). The van der Waals surface area contributed by atoms with Gasteiger partial charge in [-0.2, -0.15) is 0 Å². The van der Waals surface area contributed by atoms with E-state index in [2.05, 4.69) is 10.3 Å². The van der Waals surface area contributed by atoms with E-state index in [1.807, 2.05) is 39.1 Å². The standard InChI is InChI=1S/C18H25N3O3/c1-17(2,3)24-16(23)21-9-6-18(7-10-21)14(12-20-15(18)22)13-5-4-8-19-11-13/h4-5,8,11,14H,6-7,9-10,12H2,1-3H3,(H,20,22). The SMILES string of the molecule is CC(C)(C)OC(=O)N1CCC2(CC1)C(=O)NCC2c1cccnc1. The highest BCUT2D eigenvalue weighted by atomic mass is 16.6. The number of likely N-dealkylation sites (tertiary alicyclic amines) is 1. The van der Waals surface area contributed by atoms with Crippen molar-refractivity contribution >= 4 is 12.0 Å². The lowest BCUT2D eigenvalue weighted by molar-refractivity contribution is -0.130. The highest BCUT2D eigenvalue weighted by molar-refractivity contribution is 5.87. The van der Waals surface area contributed by atoms with Gasteiger partial charge in [-0.25, -0.2) is 4.79 Å². The number of nitrogens with one attached hydrogen (secondary N) is 1. The smallest absolute Gasteiger partial charge is 0.410 e. The molecule has 0 saturated carbocycles. The molecule has 2 aliphatic heterocycles. The molecule has 0 radical (unpaired) electrons. The summed E-state index contributed by atoms with van der Waals surface area (Å²) in [6, 6.07) is 3.93. The molecule has 0 aromatic carbocycles. The number of hydrogen-bond acceptors (Lipinski definition) is 4. The summed E-state index contributed by atoms with van der Waals surface area (Å²) in [6.45, 7) is 7.30. The molecule has 2 saturated heterocycles. The topological polar surface area (TPSA) is 71.5 Å². The van der Waals surface area contributed by atoms with Gasteiger partial charge in [0, 0.05) is 37.9 Å². The Balaban J connectivity index is 1.73. The van der Waals surface area contributed by atoms with Crippen LogP contribution in [0.5, 0.6) is 0 Å². The van der Waals surface area contributed by atoms with Gasteiger partial charge in [-0.1, -0.05) is 6.07 Å². The zero-order valence-corrected chi connectivity index (χ0v) is 14.5. The number of piperidine rings is 1. The van der Waals surface area contributed by atoms with Crippen molar-refractivity contribution in [3.05, 3.63) is 30.1 Å². The number of ether oxygens (including phenoxy) is 1. The Bertz CT molecular complexity index is 616. The predicted octanol–water partition coefficient (Wildman–Crippen LogP) is 2.31. The normalized spacial score (nSPS) is 23.2. The monoisotopic (exact) mass is 331 g/mol. The van der Waals surface area contributed by atoms with Crippen LogP contribution in [0.3, 0.4) is 0 Å². The first-order chi connectivity index (χ1) is 11.3. The van der Waals surface area contributed by atoms with Gasteiger partial charge in [0.15, 0.2) is 0 Å². The molecular weight excluding hydrogens is 306 g/mol. The van der Waals surface area contributed by atoms with Gasteiger partial charge in [-0.3, -0.25) is 9.78 Å². The van der Waals surface area contributed by atoms with E-state index in [1.54, 1.807) is 11.1 Å². The Morgan fingerprint density at radius 2 is 2.08 bits per heavy atom. The minimum atomic E-state index is -0.505. The van der Waals surface area contributed by atoms with Crippen LogP contribution in [0.4, 0.5) is 4.79 Å². The zero-order valence-electron chi connectivity index (χ0n) is 14.5. The molecule has 1 unspecified atom stereocenters. The van der Waals surface area contributed by atoms with E-state index in [4.69, 9.17) is 4.74 Å². The van der Waals surface area contributed by atoms with Crippen LogP contribution in [0.1, 0.15) is 45.1 Å². The van der Waals surface area contributed by atoms with Gasteiger partial charge in [0.25, 0.3) is 0 Å². The maximum Gasteiger partial charge on any atom is 0.410 e. The summed E-state index contributed by atoms with van der Waals surface area (Å²) >= 11 is 0. The molecule has 6 heteroatoms. The van der Waals surface area contributed by atoms with E-state index in [0.717, 1.165) is 5.56 Å². The maximum atomic E-state index is 12.6. The first-order valence-corrected chi connectivity index (χ1v) is 8.48. The van der Waals surface area contributed by atoms with E-state index in [-0.39, 0.29) is 17.9 Å². The molecule has 2 fully saturated rings. The average molecular weight is 331 g/mol. The third-order valence-corrected chi connectivity index (χ3v) is 4.98. The molecular formula is C18H25N3O3. The molecule has 1 atom stereocenters. The molecule has 0 aliphatic carbocycles. The molecule has 6 nitrogen and oxygen atoms in total. The second kappa shape index (κ2) is 6.07. The van der Waals surface area contributed by atoms with Crippen molar-refractivity contribution in [3.63, 3.8) is 0 Å². The third kappa shape index (κ3) is 3.09. The van der Waals surface area contributed by atoms with Crippen molar-refractivity contribution in [1.82, 2.24) is 15.2 Å². The van der Waals surface area contributed by atoms with Crippen molar-refractivity contribution in [2.75, 3.05) is 19.6 Å². The van der Waals surface area contributed by atoms with E-state index in [9.17, 15) is 9.59 Å². The number of rotatable bonds is 1. The van der Waals surface area contributed by atoms with E-state index < -0.39 is 11.0 Å². The van der Waals surface area contributed by atoms with E-state index in [1.165, 1.54) is 0 Å². The highest BCUT2D eigenvalue weighted by Crippen LogP contribution is 2.47. The zero-order chi connectivity index (χ0) is 17.4. The van der Waals surface area contributed by atoms with Gasteiger partial charge in [0.05, 0.1) is 5.41 Å². The minimum absolute atomic E-state index is 0.0974. The molecule has 3 heterocycles.